The Morgan fingerprint density at radius 1 is 1.46 bits per heavy atom. The molecule has 1 spiro atoms. The fraction of sp³-hybridized carbons (Fsp3) is 0.833. The van der Waals surface area contributed by atoms with Crippen LogP contribution in [0.3, 0.4) is 0 Å². The molecule has 2 aliphatic rings. The highest BCUT2D eigenvalue weighted by molar-refractivity contribution is 5.10. The number of hydrogen-bond acceptors (Lipinski definition) is 1. The lowest BCUT2D eigenvalue weighted by molar-refractivity contribution is -0.126. The molecule has 0 saturated carbocycles. The number of hydrogen-bond donors (Lipinski definition) is 0. The third-order valence-corrected chi connectivity index (χ3v) is 3.39. The second kappa shape index (κ2) is 3.45. The largest absolute Gasteiger partial charge is 0.372 e. The Bertz CT molecular complexity index is 219. The van der Waals surface area contributed by atoms with E-state index in [9.17, 15) is 0 Å². The van der Waals surface area contributed by atoms with E-state index in [-0.39, 0.29) is 5.60 Å². The van der Waals surface area contributed by atoms with Crippen molar-refractivity contribution in [1.29, 1.82) is 0 Å². The topological polar surface area (TPSA) is 9.23 Å². The van der Waals surface area contributed by atoms with Crippen LogP contribution in [-0.2, 0) is 4.74 Å². The van der Waals surface area contributed by atoms with Crippen molar-refractivity contribution in [2.24, 2.45) is 0 Å². The minimum absolute atomic E-state index is 0.233. The SMILES string of the molecule is CC1=CCC[C@]2(CCC[C@H](C)O2)C1. The molecule has 1 aliphatic heterocycles. The van der Waals surface area contributed by atoms with Crippen LogP contribution < -0.4 is 0 Å². The maximum Gasteiger partial charge on any atom is 0.0725 e. The Morgan fingerprint density at radius 2 is 2.31 bits per heavy atom. The maximum atomic E-state index is 6.14. The first-order valence-corrected chi connectivity index (χ1v) is 5.54. The second-order valence-electron chi connectivity index (χ2n) is 4.77. The van der Waals surface area contributed by atoms with Gasteiger partial charge in [0.1, 0.15) is 0 Å². The first kappa shape index (κ1) is 9.26. The van der Waals surface area contributed by atoms with Gasteiger partial charge in [-0.1, -0.05) is 11.6 Å². The van der Waals surface area contributed by atoms with Crippen molar-refractivity contribution < 1.29 is 4.74 Å². The molecule has 2 rings (SSSR count). The minimum atomic E-state index is 0.233. The Morgan fingerprint density at radius 3 is 3.00 bits per heavy atom. The predicted octanol–water partition coefficient (Wildman–Crippen LogP) is 3.44. The molecule has 1 fully saturated rings. The highest BCUT2D eigenvalue weighted by Gasteiger charge is 2.36. The Labute approximate surface area is 81.2 Å². The third-order valence-electron chi connectivity index (χ3n) is 3.39. The normalized spacial score (nSPS) is 40.5. The van der Waals surface area contributed by atoms with Crippen LogP contribution >= 0.6 is 0 Å². The van der Waals surface area contributed by atoms with Crippen molar-refractivity contribution in [3.8, 4) is 0 Å². The first-order chi connectivity index (χ1) is 6.20. The standard InChI is InChI=1S/C12H20O/c1-10-5-3-7-12(9-10)8-4-6-11(2)13-12/h5,11H,3-4,6-9H2,1-2H3/t11-,12-/m0/s1. The van der Waals surface area contributed by atoms with E-state index in [1.165, 1.54) is 44.1 Å². The van der Waals surface area contributed by atoms with E-state index < -0.39 is 0 Å². The van der Waals surface area contributed by atoms with Crippen molar-refractivity contribution in [2.45, 2.75) is 64.1 Å². The van der Waals surface area contributed by atoms with Gasteiger partial charge in [0.25, 0.3) is 0 Å². The molecule has 0 radical (unpaired) electrons. The van der Waals surface area contributed by atoms with Gasteiger partial charge in [0, 0.05) is 0 Å². The molecule has 1 saturated heterocycles. The fourth-order valence-corrected chi connectivity index (χ4v) is 2.82. The Balaban J connectivity index is 2.07. The molecule has 1 heteroatoms. The lowest BCUT2D eigenvalue weighted by Crippen LogP contribution is -2.41. The zero-order chi connectivity index (χ0) is 9.31. The summed E-state index contributed by atoms with van der Waals surface area (Å²) < 4.78 is 6.14. The molecule has 0 unspecified atom stereocenters. The molecule has 13 heavy (non-hydrogen) atoms. The van der Waals surface area contributed by atoms with Crippen LogP contribution in [0.5, 0.6) is 0 Å². The van der Waals surface area contributed by atoms with Crippen LogP contribution in [0, 0.1) is 0 Å². The lowest BCUT2D eigenvalue weighted by Gasteiger charge is -2.42. The summed E-state index contributed by atoms with van der Waals surface area (Å²) in [5.41, 5.74) is 1.76. The molecule has 0 aromatic rings. The molecule has 2 atom stereocenters. The molecule has 74 valence electrons. The summed E-state index contributed by atoms with van der Waals surface area (Å²) in [6.07, 6.45) is 10.4. The summed E-state index contributed by atoms with van der Waals surface area (Å²) >= 11 is 0. The van der Waals surface area contributed by atoms with Gasteiger partial charge in [-0.15, -0.1) is 0 Å². The Kier molecular flexibility index (Phi) is 2.46. The van der Waals surface area contributed by atoms with Crippen molar-refractivity contribution in [3.63, 3.8) is 0 Å². The quantitative estimate of drug-likeness (QED) is 0.519. The van der Waals surface area contributed by atoms with Gasteiger partial charge in [-0.05, 0) is 52.4 Å². The summed E-state index contributed by atoms with van der Waals surface area (Å²) in [6, 6.07) is 0. The summed E-state index contributed by atoms with van der Waals surface area (Å²) in [5.74, 6) is 0. The van der Waals surface area contributed by atoms with Crippen LogP contribution in [-0.4, -0.2) is 11.7 Å². The van der Waals surface area contributed by atoms with Crippen molar-refractivity contribution >= 4 is 0 Å². The van der Waals surface area contributed by atoms with E-state index in [0.29, 0.717) is 6.10 Å². The van der Waals surface area contributed by atoms with E-state index in [2.05, 4.69) is 19.9 Å². The van der Waals surface area contributed by atoms with Gasteiger partial charge in [0.05, 0.1) is 11.7 Å². The van der Waals surface area contributed by atoms with Gasteiger partial charge in [-0.25, -0.2) is 0 Å². The zero-order valence-corrected chi connectivity index (χ0v) is 8.81. The van der Waals surface area contributed by atoms with Gasteiger partial charge in [-0.3, -0.25) is 0 Å². The van der Waals surface area contributed by atoms with Crippen LogP contribution in [0.1, 0.15) is 52.4 Å². The summed E-state index contributed by atoms with van der Waals surface area (Å²) in [4.78, 5) is 0. The number of ether oxygens (including phenoxy) is 1. The molecular formula is C12H20O. The second-order valence-corrected chi connectivity index (χ2v) is 4.77. The van der Waals surface area contributed by atoms with E-state index in [4.69, 9.17) is 4.74 Å². The molecule has 0 aromatic heterocycles. The molecular weight excluding hydrogens is 160 g/mol. The number of allylic oxidation sites excluding steroid dienone is 1. The van der Waals surface area contributed by atoms with E-state index >= 15 is 0 Å². The third kappa shape index (κ3) is 1.96. The predicted molar refractivity (Wildman–Crippen MR) is 54.7 cm³/mol. The summed E-state index contributed by atoms with van der Waals surface area (Å²) in [5, 5.41) is 0. The first-order valence-electron chi connectivity index (χ1n) is 5.54. The highest BCUT2D eigenvalue weighted by Crippen LogP contribution is 2.40. The maximum absolute atomic E-state index is 6.14. The van der Waals surface area contributed by atoms with E-state index in [0.717, 1.165) is 0 Å². The molecule has 1 nitrogen and oxygen atoms in total. The van der Waals surface area contributed by atoms with E-state index in [1.54, 1.807) is 0 Å². The molecule has 0 N–H and O–H groups in total. The summed E-state index contributed by atoms with van der Waals surface area (Å²) in [6.45, 7) is 4.46. The van der Waals surface area contributed by atoms with Gasteiger partial charge in [0.2, 0.25) is 0 Å². The summed E-state index contributed by atoms with van der Waals surface area (Å²) in [7, 11) is 0. The van der Waals surface area contributed by atoms with Crippen molar-refractivity contribution in [2.75, 3.05) is 0 Å². The average Bonchev–Trinajstić information content (AvgIpc) is 2.02. The molecule has 1 aliphatic carbocycles. The number of rotatable bonds is 0. The average molecular weight is 180 g/mol. The van der Waals surface area contributed by atoms with E-state index in [1.807, 2.05) is 0 Å². The highest BCUT2D eigenvalue weighted by atomic mass is 16.5. The monoisotopic (exact) mass is 180 g/mol. The smallest absolute Gasteiger partial charge is 0.0725 e. The Hall–Kier alpha value is -0.300. The van der Waals surface area contributed by atoms with Gasteiger partial charge < -0.3 is 4.74 Å². The fourth-order valence-electron chi connectivity index (χ4n) is 2.82. The zero-order valence-electron chi connectivity index (χ0n) is 8.81. The molecule has 0 bridgehead atoms. The van der Waals surface area contributed by atoms with Crippen LogP contribution in [0.25, 0.3) is 0 Å². The minimum Gasteiger partial charge on any atom is -0.372 e. The van der Waals surface area contributed by atoms with Gasteiger partial charge in [-0.2, -0.15) is 0 Å². The van der Waals surface area contributed by atoms with Crippen molar-refractivity contribution in [1.82, 2.24) is 0 Å². The van der Waals surface area contributed by atoms with Gasteiger partial charge >= 0.3 is 0 Å². The van der Waals surface area contributed by atoms with Crippen molar-refractivity contribution in [3.05, 3.63) is 11.6 Å². The molecule has 0 amide bonds. The van der Waals surface area contributed by atoms with Crippen LogP contribution in [0.2, 0.25) is 0 Å². The van der Waals surface area contributed by atoms with Crippen LogP contribution in [0.4, 0.5) is 0 Å². The van der Waals surface area contributed by atoms with Gasteiger partial charge in [0.15, 0.2) is 0 Å². The molecule has 0 aromatic carbocycles. The lowest BCUT2D eigenvalue weighted by atomic mass is 9.79. The van der Waals surface area contributed by atoms with Crippen LogP contribution in [0.15, 0.2) is 11.6 Å². The molecule has 1 heterocycles.